The number of rotatable bonds is 4. The van der Waals surface area contributed by atoms with Crippen LogP contribution in [0.25, 0.3) is 0 Å². The van der Waals surface area contributed by atoms with Crippen molar-refractivity contribution in [2.75, 3.05) is 18.1 Å². The van der Waals surface area contributed by atoms with Crippen molar-refractivity contribution >= 4 is 23.5 Å². The molecule has 2 heterocycles. The monoisotopic (exact) mass is 283 g/mol. The molecule has 2 atom stereocenters. The molecule has 5 heteroatoms. The highest BCUT2D eigenvalue weighted by atomic mass is 32.2. The number of nitrogens with one attached hydrogen (secondary N) is 1. The zero-order valence-electron chi connectivity index (χ0n) is 11.3. The fraction of sp³-hybridized carbons (Fsp3) is 0.692. The smallest absolute Gasteiger partial charge is 0.142 e. The van der Waals surface area contributed by atoms with Gasteiger partial charge in [0, 0.05) is 29.0 Å². The summed E-state index contributed by atoms with van der Waals surface area (Å²) in [6.45, 7) is 8.28. The van der Waals surface area contributed by atoms with Crippen LogP contribution in [-0.4, -0.2) is 33.3 Å². The van der Waals surface area contributed by atoms with E-state index in [0.717, 1.165) is 30.3 Å². The maximum absolute atomic E-state index is 4.74. The van der Waals surface area contributed by atoms with E-state index in [1.165, 1.54) is 11.5 Å². The molecule has 2 unspecified atom stereocenters. The zero-order chi connectivity index (χ0) is 13.0. The number of hydrogen-bond donors (Lipinski definition) is 1. The van der Waals surface area contributed by atoms with Crippen LogP contribution in [0.3, 0.4) is 0 Å². The summed E-state index contributed by atoms with van der Waals surface area (Å²) in [5, 5.41) is 4.39. The second kappa shape index (κ2) is 6.78. The van der Waals surface area contributed by atoms with E-state index in [4.69, 9.17) is 4.98 Å². The molecule has 0 spiro atoms. The Hall–Kier alpha value is -0.260. The third-order valence-electron chi connectivity index (χ3n) is 2.92. The molecule has 1 aliphatic rings. The zero-order valence-corrected chi connectivity index (χ0v) is 12.9. The summed E-state index contributed by atoms with van der Waals surface area (Å²) >= 11 is 4.03. The standard InChI is InChI=1S/C13H21N3S2/c1-4-14-8-11-7-9(2)15-13(16-11)12-10(3)17-5-6-18-12/h7,10,12,14H,4-6,8H2,1-3H3. The molecule has 0 saturated carbocycles. The van der Waals surface area contributed by atoms with Gasteiger partial charge in [-0.1, -0.05) is 13.8 Å². The van der Waals surface area contributed by atoms with Crippen molar-refractivity contribution in [3.8, 4) is 0 Å². The number of nitrogens with zero attached hydrogens (tertiary/aromatic N) is 2. The normalized spacial score (nSPS) is 24.2. The molecule has 0 bridgehead atoms. The lowest BCUT2D eigenvalue weighted by Gasteiger charge is -2.27. The first-order chi connectivity index (χ1) is 8.70. The van der Waals surface area contributed by atoms with Gasteiger partial charge in [0.05, 0.1) is 10.9 Å². The van der Waals surface area contributed by atoms with E-state index in [9.17, 15) is 0 Å². The van der Waals surface area contributed by atoms with Crippen LogP contribution in [0.2, 0.25) is 0 Å². The molecular weight excluding hydrogens is 262 g/mol. The van der Waals surface area contributed by atoms with Gasteiger partial charge in [-0.25, -0.2) is 9.97 Å². The molecule has 100 valence electrons. The summed E-state index contributed by atoms with van der Waals surface area (Å²) in [7, 11) is 0. The van der Waals surface area contributed by atoms with E-state index in [1.54, 1.807) is 0 Å². The minimum Gasteiger partial charge on any atom is -0.311 e. The van der Waals surface area contributed by atoms with E-state index < -0.39 is 0 Å². The topological polar surface area (TPSA) is 37.8 Å². The van der Waals surface area contributed by atoms with Crippen LogP contribution in [0.5, 0.6) is 0 Å². The molecule has 1 saturated heterocycles. The fourth-order valence-electron chi connectivity index (χ4n) is 2.05. The largest absolute Gasteiger partial charge is 0.311 e. The Balaban J connectivity index is 2.18. The number of aromatic nitrogens is 2. The van der Waals surface area contributed by atoms with Crippen LogP contribution in [0.4, 0.5) is 0 Å². The molecule has 1 N–H and O–H groups in total. The molecule has 3 nitrogen and oxygen atoms in total. The highest BCUT2D eigenvalue weighted by molar-refractivity contribution is 8.06. The summed E-state index contributed by atoms with van der Waals surface area (Å²) < 4.78 is 0. The third kappa shape index (κ3) is 3.62. The Morgan fingerprint density at radius 1 is 1.33 bits per heavy atom. The van der Waals surface area contributed by atoms with E-state index in [0.29, 0.717) is 10.5 Å². The molecule has 0 amide bonds. The lowest BCUT2D eigenvalue weighted by Crippen LogP contribution is -2.20. The molecule has 2 rings (SSSR count). The van der Waals surface area contributed by atoms with Crippen LogP contribution in [0.1, 0.15) is 36.3 Å². The van der Waals surface area contributed by atoms with Gasteiger partial charge in [-0.15, -0.1) is 11.8 Å². The first-order valence-corrected chi connectivity index (χ1v) is 8.59. The molecular formula is C13H21N3S2. The van der Waals surface area contributed by atoms with Gasteiger partial charge in [-0.3, -0.25) is 0 Å². The van der Waals surface area contributed by atoms with Crippen LogP contribution < -0.4 is 5.32 Å². The van der Waals surface area contributed by atoms with Crippen LogP contribution >= 0.6 is 23.5 Å². The lowest BCUT2D eigenvalue weighted by atomic mass is 10.2. The SMILES string of the molecule is CCNCc1cc(C)nc(C2SCCSC2C)n1. The summed E-state index contributed by atoms with van der Waals surface area (Å²) in [4.78, 5) is 9.38. The predicted molar refractivity (Wildman–Crippen MR) is 81.3 cm³/mol. The van der Waals surface area contributed by atoms with Gasteiger partial charge in [0.15, 0.2) is 0 Å². The Bertz CT molecular complexity index is 398. The van der Waals surface area contributed by atoms with E-state index in [-0.39, 0.29) is 0 Å². The molecule has 0 aliphatic carbocycles. The van der Waals surface area contributed by atoms with Crippen molar-refractivity contribution < 1.29 is 0 Å². The van der Waals surface area contributed by atoms with Gasteiger partial charge in [-0.05, 0) is 19.5 Å². The summed E-state index contributed by atoms with van der Waals surface area (Å²) in [6.07, 6.45) is 0. The van der Waals surface area contributed by atoms with Gasteiger partial charge in [0.2, 0.25) is 0 Å². The second-order valence-corrected chi connectivity index (χ2v) is 7.24. The summed E-state index contributed by atoms with van der Waals surface area (Å²) in [6, 6.07) is 2.08. The second-order valence-electron chi connectivity index (χ2n) is 4.51. The van der Waals surface area contributed by atoms with E-state index in [1.807, 2.05) is 23.5 Å². The fourth-order valence-corrected chi connectivity index (χ4v) is 4.73. The van der Waals surface area contributed by atoms with Crippen molar-refractivity contribution in [1.29, 1.82) is 0 Å². The van der Waals surface area contributed by atoms with Gasteiger partial charge in [-0.2, -0.15) is 11.8 Å². The number of thioether (sulfide) groups is 2. The van der Waals surface area contributed by atoms with Crippen molar-refractivity contribution in [3.05, 3.63) is 23.3 Å². The number of hydrogen-bond acceptors (Lipinski definition) is 5. The van der Waals surface area contributed by atoms with Crippen LogP contribution in [-0.2, 0) is 6.54 Å². The Morgan fingerprint density at radius 2 is 2.11 bits per heavy atom. The van der Waals surface area contributed by atoms with E-state index in [2.05, 4.69) is 37.1 Å². The van der Waals surface area contributed by atoms with Gasteiger partial charge >= 0.3 is 0 Å². The lowest BCUT2D eigenvalue weighted by molar-refractivity contribution is 0.693. The Kier molecular flexibility index (Phi) is 5.33. The highest BCUT2D eigenvalue weighted by Gasteiger charge is 2.26. The van der Waals surface area contributed by atoms with Crippen LogP contribution in [0, 0.1) is 6.92 Å². The first-order valence-electron chi connectivity index (χ1n) is 6.49. The molecule has 18 heavy (non-hydrogen) atoms. The summed E-state index contributed by atoms with van der Waals surface area (Å²) in [5.41, 5.74) is 2.19. The predicted octanol–water partition coefficient (Wildman–Crippen LogP) is 2.80. The van der Waals surface area contributed by atoms with Gasteiger partial charge < -0.3 is 5.32 Å². The van der Waals surface area contributed by atoms with Crippen molar-refractivity contribution in [3.63, 3.8) is 0 Å². The molecule has 1 aromatic rings. The van der Waals surface area contributed by atoms with Crippen molar-refractivity contribution in [2.45, 2.75) is 37.8 Å². The van der Waals surface area contributed by atoms with Crippen molar-refractivity contribution in [1.82, 2.24) is 15.3 Å². The molecule has 0 radical (unpaired) electrons. The number of aryl methyl sites for hydroxylation is 1. The highest BCUT2D eigenvalue weighted by Crippen LogP contribution is 2.40. The Morgan fingerprint density at radius 3 is 2.83 bits per heavy atom. The average Bonchev–Trinajstić information content (AvgIpc) is 2.36. The van der Waals surface area contributed by atoms with E-state index >= 15 is 0 Å². The molecule has 1 fully saturated rings. The quantitative estimate of drug-likeness (QED) is 0.920. The molecule has 0 aromatic carbocycles. The maximum Gasteiger partial charge on any atom is 0.142 e. The van der Waals surface area contributed by atoms with Crippen LogP contribution in [0.15, 0.2) is 6.07 Å². The maximum atomic E-state index is 4.74. The molecule has 1 aliphatic heterocycles. The van der Waals surface area contributed by atoms with Gasteiger partial charge in [0.25, 0.3) is 0 Å². The third-order valence-corrected chi connectivity index (χ3v) is 6.01. The first kappa shape index (κ1) is 14.2. The summed E-state index contributed by atoms with van der Waals surface area (Å²) in [5.74, 6) is 3.48. The minimum absolute atomic E-state index is 0.448. The van der Waals surface area contributed by atoms with Crippen molar-refractivity contribution in [2.24, 2.45) is 0 Å². The average molecular weight is 283 g/mol. The van der Waals surface area contributed by atoms with Gasteiger partial charge in [0.1, 0.15) is 5.82 Å². The Labute approximate surface area is 118 Å². The molecule has 1 aromatic heterocycles. The minimum atomic E-state index is 0.448.